The van der Waals surface area contributed by atoms with Crippen LogP contribution in [0.5, 0.6) is 0 Å². The zero-order chi connectivity index (χ0) is 17.0. The van der Waals surface area contributed by atoms with Gasteiger partial charge in [-0.1, -0.05) is 32.1 Å². The fourth-order valence-electron chi connectivity index (χ4n) is 3.71. The highest BCUT2D eigenvalue weighted by Gasteiger charge is 2.36. The topological polar surface area (TPSA) is 84.2 Å². The molecule has 138 valence electrons. The second kappa shape index (κ2) is 8.68. The lowest BCUT2D eigenvalue weighted by molar-refractivity contribution is -0.121. The minimum absolute atomic E-state index is 0. The summed E-state index contributed by atoms with van der Waals surface area (Å²) in [7, 11) is 0. The number of anilines is 1. The largest absolute Gasteiger partial charge is 0.349 e. The fraction of sp³-hybridized carbons (Fsp3) is 0.579. The van der Waals surface area contributed by atoms with Gasteiger partial charge in [0, 0.05) is 17.3 Å². The molecule has 0 radical (unpaired) electrons. The third kappa shape index (κ3) is 4.95. The first kappa shape index (κ1) is 19.7. The Balaban J connectivity index is 0.00000225. The van der Waals surface area contributed by atoms with Crippen LogP contribution in [0.1, 0.15) is 68.1 Å². The minimum Gasteiger partial charge on any atom is -0.349 e. The standard InChI is InChI=1S/C19H27N3O2.ClH/c20-19(12-4-5-13-19)18(24)22-16-10-8-14(9-11-16)17(23)21-15-6-2-1-3-7-15;/h8-11,15H,1-7,12-13,20H2,(H,21,23)(H,22,24);1H. The van der Waals surface area contributed by atoms with E-state index in [-0.39, 0.29) is 24.2 Å². The van der Waals surface area contributed by atoms with Gasteiger partial charge in [-0.25, -0.2) is 0 Å². The van der Waals surface area contributed by atoms with Gasteiger partial charge in [-0.3, -0.25) is 9.59 Å². The van der Waals surface area contributed by atoms with E-state index in [1.54, 1.807) is 24.3 Å². The van der Waals surface area contributed by atoms with Crippen LogP contribution in [0.15, 0.2) is 24.3 Å². The summed E-state index contributed by atoms with van der Waals surface area (Å²) in [5.41, 5.74) is 6.73. The van der Waals surface area contributed by atoms with Crippen molar-refractivity contribution in [2.75, 3.05) is 5.32 Å². The molecule has 2 amide bonds. The second-order valence-electron chi connectivity index (χ2n) is 7.20. The summed E-state index contributed by atoms with van der Waals surface area (Å²) >= 11 is 0. The molecule has 4 N–H and O–H groups in total. The van der Waals surface area contributed by atoms with Gasteiger partial charge < -0.3 is 16.4 Å². The van der Waals surface area contributed by atoms with Crippen molar-refractivity contribution in [3.8, 4) is 0 Å². The smallest absolute Gasteiger partial charge is 0.251 e. The van der Waals surface area contributed by atoms with Gasteiger partial charge in [0.25, 0.3) is 5.91 Å². The van der Waals surface area contributed by atoms with Gasteiger partial charge in [0.15, 0.2) is 0 Å². The Hall–Kier alpha value is -1.59. The molecular weight excluding hydrogens is 338 g/mol. The molecular formula is C19H28ClN3O2. The van der Waals surface area contributed by atoms with Crippen molar-refractivity contribution in [2.45, 2.75) is 69.4 Å². The van der Waals surface area contributed by atoms with E-state index < -0.39 is 5.54 Å². The Morgan fingerprint density at radius 3 is 2.16 bits per heavy atom. The number of hydrogen-bond donors (Lipinski definition) is 3. The molecule has 1 aromatic carbocycles. The molecule has 0 atom stereocenters. The highest BCUT2D eigenvalue weighted by Crippen LogP contribution is 2.28. The van der Waals surface area contributed by atoms with E-state index in [1.165, 1.54) is 19.3 Å². The molecule has 3 rings (SSSR count). The summed E-state index contributed by atoms with van der Waals surface area (Å²) in [6, 6.07) is 7.35. The molecule has 6 heteroatoms. The number of amides is 2. The van der Waals surface area contributed by atoms with Crippen LogP contribution in [0, 0.1) is 0 Å². The van der Waals surface area contributed by atoms with Gasteiger partial charge >= 0.3 is 0 Å². The van der Waals surface area contributed by atoms with Gasteiger partial charge in [-0.2, -0.15) is 0 Å². The summed E-state index contributed by atoms with van der Waals surface area (Å²) in [6.07, 6.45) is 9.27. The maximum atomic E-state index is 12.3. The third-order valence-electron chi connectivity index (χ3n) is 5.29. The molecule has 2 aliphatic rings. The Labute approximate surface area is 155 Å². The molecule has 0 unspecified atom stereocenters. The number of nitrogens with two attached hydrogens (primary N) is 1. The maximum Gasteiger partial charge on any atom is 0.251 e. The van der Waals surface area contributed by atoms with Crippen LogP contribution in [0.25, 0.3) is 0 Å². The molecule has 0 heterocycles. The van der Waals surface area contributed by atoms with Crippen molar-refractivity contribution in [1.82, 2.24) is 5.32 Å². The van der Waals surface area contributed by atoms with E-state index in [1.807, 2.05) is 0 Å². The highest BCUT2D eigenvalue weighted by atomic mass is 35.5. The minimum atomic E-state index is -0.739. The summed E-state index contributed by atoms with van der Waals surface area (Å²) in [4.78, 5) is 24.6. The average Bonchev–Trinajstić information content (AvgIpc) is 3.04. The summed E-state index contributed by atoms with van der Waals surface area (Å²) in [5, 5.41) is 5.98. The van der Waals surface area contributed by atoms with Crippen LogP contribution in [0.2, 0.25) is 0 Å². The number of carbonyl (C=O) groups excluding carboxylic acids is 2. The predicted octanol–water partition coefficient (Wildman–Crippen LogP) is 3.38. The SMILES string of the molecule is Cl.NC1(C(=O)Nc2ccc(C(=O)NC3CCCCC3)cc2)CCCC1. The van der Waals surface area contributed by atoms with Crippen molar-refractivity contribution in [1.29, 1.82) is 0 Å². The van der Waals surface area contributed by atoms with E-state index in [9.17, 15) is 9.59 Å². The van der Waals surface area contributed by atoms with Gasteiger partial charge in [0.2, 0.25) is 5.91 Å². The summed E-state index contributed by atoms with van der Waals surface area (Å²) in [6.45, 7) is 0. The number of benzene rings is 1. The molecule has 5 nitrogen and oxygen atoms in total. The van der Waals surface area contributed by atoms with Crippen molar-refractivity contribution in [3.05, 3.63) is 29.8 Å². The predicted molar refractivity (Wildman–Crippen MR) is 102 cm³/mol. The molecule has 25 heavy (non-hydrogen) atoms. The van der Waals surface area contributed by atoms with Crippen molar-refractivity contribution in [3.63, 3.8) is 0 Å². The van der Waals surface area contributed by atoms with E-state index in [0.717, 1.165) is 38.5 Å². The van der Waals surface area contributed by atoms with Crippen LogP contribution < -0.4 is 16.4 Å². The number of carbonyl (C=O) groups is 2. The van der Waals surface area contributed by atoms with E-state index >= 15 is 0 Å². The van der Waals surface area contributed by atoms with Gasteiger partial charge in [0.05, 0.1) is 5.54 Å². The van der Waals surface area contributed by atoms with Crippen LogP contribution >= 0.6 is 12.4 Å². The fourth-order valence-corrected chi connectivity index (χ4v) is 3.71. The Bertz CT molecular complexity index is 591. The molecule has 2 fully saturated rings. The Morgan fingerprint density at radius 2 is 1.56 bits per heavy atom. The van der Waals surface area contributed by atoms with E-state index in [2.05, 4.69) is 10.6 Å². The molecule has 0 spiro atoms. The van der Waals surface area contributed by atoms with Crippen molar-refractivity contribution in [2.24, 2.45) is 5.73 Å². The van der Waals surface area contributed by atoms with E-state index in [4.69, 9.17) is 5.73 Å². The van der Waals surface area contributed by atoms with Crippen LogP contribution in [0.4, 0.5) is 5.69 Å². The maximum absolute atomic E-state index is 12.3. The number of rotatable bonds is 4. The first-order chi connectivity index (χ1) is 11.6. The molecule has 0 aromatic heterocycles. The molecule has 1 aromatic rings. The monoisotopic (exact) mass is 365 g/mol. The third-order valence-corrected chi connectivity index (χ3v) is 5.29. The molecule has 0 saturated heterocycles. The number of hydrogen-bond acceptors (Lipinski definition) is 3. The molecule has 2 saturated carbocycles. The zero-order valence-electron chi connectivity index (χ0n) is 14.6. The first-order valence-corrected chi connectivity index (χ1v) is 9.08. The molecule has 0 bridgehead atoms. The summed E-state index contributed by atoms with van der Waals surface area (Å²) < 4.78 is 0. The quantitative estimate of drug-likeness (QED) is 0.764. The van der Waals surface area contributed by atoms with Crippen molar-refractivity contribution < 1.29 is 9.59 Å². The number of halogens is 1. The van der Waals surface area contributed by atoms with Crippen LogP contribution in [-0.4, -0.2) is 23.4 Å². The van der Waals surface area contributed by atoms with Gasteiger partial charge in [-0.15, -0.1) is 12.4 Å². The van der Waals surface area contributed by atoms with Gasteiger partial charge in [-0.05, 0) is 49.9 Å². The highest BCUT2D eigenvalue weighted by molar-refractivity contribution is 5.99. The van der Waals surface area contributed by atoms with E-state index in [0.29, 0.717) is 17.3 Å². The normalized spacial score (nSPS) is 19.7. The average molecular weight is 366 g/mol. The van der Waals surface area contributed by atoms with Crippen LogP contribution in [0.3, 0.4) is 0 Å². The lowest BCUT2D eigenvalue weighted by Gasteiger charge is -2.23. The lowest BCUT2D eigenvalue weighted by atomic mass is 9.95. The Kier molecular flexibility index (Phi) is 6.85. The van der Waals surface area contributed by atoms with Crippen LogP contribution in [-0.2, 0) is 4.79 Å². The molecule has 2 aliphatic carbocycles. The summed E-state index contributed by atoms with van der Waals surface area (Å²) in [5.74, 6) is -0.162. The van der Waals surface area contributed by atoms with Crippen molar-refractivity contribution >= 4 is 29.9 Å². The first-order valence-electron chi connectivity index (χ1n) is 9.08. The van der Waals surface area contributed by atoms with Gasteiger partial charge in [0.1, 0.15) is 0 Å². The zero-order valence-corrected chi connectivity index (χ0v) is 15.4. The second-order valence-corrected chi connectivity index (χ2v) is 7.20. The Morgan fingerprint density at radius 1 is 0.960 bits per heavy atom. The lowest BCUT2D eigenvalue weighted by Crippen LogP contribution is -2.48. The molecule has 0 aliphatic heterocycles. The number of nitrogens with one attached hydrogen (secondary N) is 2.